The zero-order valence-electron chi connectivity index (χ0n) is 18.3. The molecule has 0 aliphatic carbocycles. The molecule has 2 aromatic rings. The number of benzene rings is 2. The summed E-state index contributed by atoms with van der Waals surface area (Å²) in [6.07, 6.45) is 4.76. The van der Waals surface area contributed by atoms with Crippen molar-refractivity contribution in [1.82, 2.24) is 0 Å². The molecule has 0 saturated carbocycles. The lowest BCUT2D eigenvalue weighted by Crippen LogP contribution is -2.26. The second-order valence-corrected chi connectivity index (χ2v) is 8.26. The van der Waals surface area contributed by atoms with Gasteiger partial charge in [-0.3, -0.25) is 4.79 Å². The van der Waals surface area contributed by atoms with Gasteiger partial charge in [0.15, 0.2) is 23.3 Å². The summed E-state index contributed by atoms with van der Waals surface area (Å²) in [5, 5.41) is 4.42. The van der Waals surface area contributed by atoms with E-state index < -0.39 is 45.8 Å². The maximum absolute atomic E-state index is 14.5. The Kier molecular flexibility index (Phi) is 6.25. The van der Waals surface area contributed by atoms with E-state index >= 15 is 0 Å². The first-order valence-electron chi connectivity index (χ1n) is 9.76. The van der Waals surface area contributed by atoms with Gasteiger partial charge in [-0.25, -0.2) is 17.6 Å². The maximum Gasteiger partial charge on any atom is 0.280 e. The Morgan fingerprint density at radius 3 is 2.03 bits per heavy atom. The van der Waals surface area contributed by atoms with Crippen molar-refractivity contribution < 1.29 is 27.1 Å². The fraction of sp³-hybridized carbons (Fsp3) is 0.250. The van der Waals surface area contributed by atoms with E-state index in [9.17, 15) is 22.4 Å². The van der Waals surface area contributed by atoms with Crippen LogP contribution < -0.4 is 9.75 Å². The van der Waals surface area contributed by atoms with Gasteiger partial charge in [0, 0.05) is 11.0 Å². The first-order valence-corrected chi connectivity index (χ1v) is 9.76. The molecule has 1 aliphatic heterocycles. The standard InChI is InChI=1S/C24H22F4N2O2/c1-13-17(25)19(27)21(20(28)18(13)26)30-23(31)16(22(29-30)24(2,3)4)8-6-7-14-9-11-15(32-5)12-10-14/h6-12H,1-5H3/b7-6-,16-8+. The van der Waals surface area contributed by atoms with Gasteiger partial charge in [-0.05, 0) is 30.7 Å². The molecule has 2 aromatic carbocycles. The molecule has 0 fully saturated rings. The van der Waals surface area contributed by atoms with Crippen LogP contribution in [0.25, 0.3) is 6.08 Å². The van der Waals surface area contributed by atoms with Crippen LogP contribution in [0.15, 0.2) is 47.1 Å². The monoisotopic (exact) mass is 446 g/mol. The quantitative estimate of drug-likeness (QED) is 0.331. The predicted molar refractivity (Wildman–Crippen MR) is 115 cm³/mol. The normalized spacial score (nSPS) is 15.8. The SMILES string of the molecule is COc1ccc(/C=C\C=C2\C(=O)N(c3c(F)c(F)c(C)c(F)c3F)N=C2C(C)(C)C)cc1. The van der Waals surface area contributed by atoms with Gasteiger partial charge < -0.3 is 4.74 Å². The van der Waals surface area contributed by atoms with Gasteiger partial charge in [-0.2, -0.15) is 10.1 Å². The molecule has 0 aromatic heterocycles. The number of allylic oxidation sites excluding steroid dienone is 2. The highest BCUT2D eigenvalue weighted by Gasteiger charge is 2.40. The fourth-order valence-electron chi connectivity index (χ4n) is 3.16. The predicted octanol–water partition coefficient (Wildman–Crippen LogP) is 5.95. The molecule has 0 radical (unpaired) electrons. The fourth-order valence-corrected chi connectivity index (χ4v) is 3.16. The van der Waals surface area contributed by atoms with Crippen LogP contribution in [-0.2, 0) is 4.79 Å². The summed E-state index contributed by atoms with van der Waals surface area (Å²) in [6, 6.07) is 7.14. The van der Waals surface area contributed by atoms with Crippen LogP contribution in [0.2, 0.25) is 0 Å². The molecule has 0 spiro atoms. The average molecular weight is 446 g/mol. The molecule has 0 unspecified atom stereocenters. The number of hydrazone groups is 1. The van der Waals surface area contributed by atoms with Gasteiger partial charge in [0.1, 0.15) is 11.4 Å². The minimum Gasteiger partial charge on any atom is -0.497 e. The van der Waals surface area contributed by atoms with E-state index in [2.05, 4.69) is 5.10 Å². The molecule has 168 valence electrons. The zero-order valence-corrected chi connectivity index (χ0v) is 18.3. The summed E-state index contributed by atoms with van der Waals surface area (Å²) in [5.41, 5.74) is -1.59. The van der Waals surface area contributed by atoms with E-state index in [0.717, 1.165) is 12.5 Å². The van der Waals surface area contributed by atoms with Crippen LogP contribution in [0.4, 0.5) is 23.2 Å². The molecule has 3 rings (SSSR count). The molecule has 0 atom stereocenters. The number of amides is 1. The van der Waals surface area contributed by atoms with Crippen molar-refractivity contribution in [2.24, 2.45) is 10.5 Å². The molecule has 1 aliphatic rings. The van der Waals surface area contributed by atoms with Gasteiger partial charge in [0.2, 0.25) is 0 Å². The number of methoxy groups -OCH3 is 1. The highest BCUT2D eigenvalue weighted by atomic mass is 19.2. The average Bonchev–Trinajstić information content (AvgIpc) is 3.08. The van der Waals surface area contributed by atoms with E-state index in [1.165, 1.54) is 6.08 Å². The van der Waals surface area contributed by atoms with Crippen molar-refractivity contribution in [3.63, 3.8) is 0 Å². The highest BCUT2D eigenvalue weighted by Crippen LogP contribution is 2.36. The summed E-state index contributed by atoms with van der Waals surface area (Å²) < 4.78 is 62.3. The highest BCUT2D eigenvalue weighted by molar-refractivity contribution is 6.31. The molecule has 4 nitrogen and oxygen atoms in total. The summed E-state index contributed by atoms with van der Waals surface area (Å²) in [5.74, 6) is -6.71. The van der Waals surface area contributed by atoms with Crippen molar-refractivity contribution >= 4 is 23.4 Å². The first-order chi connectivity index (χ1) is 15.0. The van der Waals surface area contributed by atoms with Crippen LogP contribution in [0.1, 0.15) is 31.9 Å². The number of hydrogen-bond donors (Lipinski definition) is 0. The minimum atomic E-state index is -1.68. The molecular weight excluding hydrogens is 424 g/mol. The lowest BCUT2D eigenvalue weighted by Gasteiger charge is -2.17. The van der Waals surface area contributed by atoms with Crippen LogP contribution in [0, 0.1) is 35.6 Å². The Bertz CT molecular complexity index is 1130. The second kappa shape index (κ2) is 8.61. The summed E-state index contributed by atoms with van der Waals surface area (Å²) in [4.78, 5) is 13.0. The summed E-state index contributed by atoms with van der Waals surface area (Å²) >= 11 is 0. The van der Waals surface area contributed by atoms with E-state index in [1.54, 1.807) is 64.3 Å². The third-order valence-electron chi connectivity index (χ3n) is 4.93. The van der Waals surface area contributed by atoms with Gasteiger partial charge in [-0.15, -0.1) is 0 Å². The lowest BCUT2D eigenvalue weighted by atomic mass is 9.85. The molecule has 1 heterocycles. The van der Waals surface area contributed by atoms with E-state index in [1.807, 2.05) is 0 Å². The number of hydrogen-bond acceptors (Lipinski definition) is 3. The van der Waals surface area contributed by atoms with Crippen LogP contribution >= 0.6 is 0 Å². The molecule has 0 saturated heterocycles. The third kappa shape index (κ3) is 4.17. The number of rotatable bonds is 4. The van der Waals surface area contributed by atoms with Crippen molar-refractivity contribution in [2.45, 2.75) is 27.7 Å². The van der Waals surface area contributed by atoms with Crippen LogP contribution in [0.3, 0.4) is 0 Å². The Balaban J connectivity index is 2.05. The Hall–Kier alpha value is -3.42. The van der Waals surface area contributed by atoms with Gasteiger partial charge in [-0.1, -0.05) is 45.1 Å². The minimum absolute atomic E-state index is 0.0578. The number of halogens is 4. The topological polar surface area (TPSA) is 41.9 Å². The summed E-state index contributed by atoms with van der Waals surface area (Å²) in [7, 11) is 1.55. The first kappa shape index (κ1) is 23.2. The van der Waals surface area contributed by atoms with Crippen molar-refractivity contribution in [3.8, 4) is 5.75 Å². The van der Waals surface area contributed by atoms with Gasteiger partial charge >= 0.3 is 0 Å². The molecular formula is C24H22F4N2O2. The smallest absolute Gasteiger partial charge is 0.280 e. The Morgan fingerprint density at radius 1 is 0.969 bits per heavy atom. The van der Waals surface area contributed by atoms with Gasteiger partial charge in [0.25, 0.3) is 5.91 Å². The molecule has 8 heteroatoms. The number of ether oxygens (including phenoxy) is 1. The van der Waals surface area contributed by atoms with E-state index in [0.29, 0.717) is 10.8 Å². The Labute approximate surface area is 183 Å². The number of carbonyl (C=O) groups excluding carboxylic acids is 1. The molecule has 1 amide bonds. The summed E-state index contributed by atoms with van der Waals surface area (Å²) in [6.45, 7) is 6.18. The Morgan fingerprint density at radius 2 is 1.53 bits per heavy atom. The maximum atomic E-state index is 14.5. The van der Waals surface area contributed by atoms with E-state index in [4.69, 9.17) is 4.74 Å². The zero-order chi connectivity index (χ0) is 23.8. The number of carbonyl (C=O) groups is 1. The third-order valence-corrected chi connectivity index (χ3v) is 4.93. The van der Waals surface area contributed by atoms with Crippen molar-refractivity contribution in [2.75, 3.05) is 12.1 Å². The van der Waals surface area contributed by atoms with E-state index in [-0.39, 0.29) is 11.3 Å². The number of nitrogens with zero attached hydrogens (tertiary/aromatic N) is 2. The molecule has 0 N–H and O–H groups in total. The second-order valence-electron chi connectivity index (χ2n) is 8.26. The van der Waals surface area contributed by atoms with Gasteiger partial charge in [0.05, 0.1) is 18.4 Å². The van der Waals surface area contributed by atoms with Crippen molar-refractivity contribution in [1.29, 1.82) is 0 Å². The lowest BCUT2D eigenvalue weighted by molar-refractivity contribution is -0.114. The number of anilines is 1. The van der Waals surface area contributed by atoms with Crippen LogP contribution in [-0.4, -0.2) is 18.7 Å². The largest absolute Gasteiger partial charge is 0.497 e. The van der Waals surface area contributed by atoms with Crippen molar-refractivity contribution in [3.05, 3.63) is 76.4 Å². The molecule has 0 bridgehead atoms. The van der Waals surface area contributed by atoms with Crippen LogP contribution in [0.5, 0.6) is 5.75 Å². The molecule has 32 heavy (non-hydrogen) atoms.